The summed E-state index contributed by atoms with van der Waals surface area (Å²) < 4.78 is 2.70. The van der Waals surface area contributed by atoms with Gasteiger partial charge in [0.05, 0.1) is 0 Å². The molecule has 2 amide bonds. The summed E-state index contributed by atoms with van der Waals surface area (Å²) in [6, 6.07) is 16.4. The smallest absolute Gasteiger partial charge is 0.252 e. The molecule has 2 heterocycles. The molecule has 9 nitrogen and oxygen atoms in total. The second-order valence-electron chi connectivity index (χ2n) is 10.6. The standard InChI is InChI=1S/C30H29BrN6O3/c1-18-16-25(38)37(21-4-2-3-5-21)26-24(18)17-33-29(35-26)34-20-8-12-23(13-9-20)36(22-10-6-19(31)7-11-22)28(40)30(14-15-30)27(32)39/h6-13,16-17,21H,2-5,14-15H2,1H3,(H2,32,39)(H,33,34,35). The maximum atomic E-state index is 13.6. The number of benzene rings is 2. The van der Waals surface area contributed by atoms with Crippen molar-refractivity contribution in [2.75, 3.05) is 10.2 Å². The Morgan fingerprint density at radius 3 is 2.27 bits per heavy atom. The van der Waals surface area contributed by atoms with Crippen molar-refractivity contribution >= 4 is 61.8 Å². The highest BCUT2D eigenvalue weighted by Crippen LogP contribution is 2.49. The summed E-state index contributed by atoms with van der Waals surface area (Å²) in [7, 11) is 0. The van der Waals surface area contributed by atoms with Crippen molar-refractivity contribution in [1.82, 2.24) is 14.5 Å². The van der Waals surface area contributed by atoms with Gasteiger partial charge in [0.2, 0.25) is 17.8 Å². The Hall–Kier alpha value is -4.05. The number of nitrogens with two attached hydrogens (primary N) is 1. The first-order valence-electron chi connectivity index (χ1n) is 13.4. The average Bonchev–Trinajstić information content (AvgIpc) is 3.59. The molecule has 40 heavy (non-hydrogen) atoms. The number of nitrogens with one attached hydrogen (secondary N) is 1. The zero-order valence-electron chi connectivity index (χ0n) is 22.1. The van der Waals surface area contributed by atoms with Crippen LogP contribution in [0.1, 0.15) is 50.1 Å². The number of amides is 2. The monoisotopic (exact) mass is 600 g/mol. The number of carbonyl (C=O) groups excluding carboxylic acids is 2. The van der Waals surface area contributed by atoms with E-state index in [9.17, 15) is 14.4 Å². The van der Waals surface area contributed by atoms with Crippen LogP contribution in [0.5, 0.6) is 0 Å². The molecule has 204 valence electrons. The van der Waals surface area contributed by atoms with Crippen LogP contribution in [0.3, 0.4) is 0 Å². The number of fused-ring (bicyclic) bond motifs is 1. The van der Waals surface area contributed by atoms with E-state index in [1.165, 1.54) is 0 Å². The van der Waals surface area contributed by atoms with Crippen LogP contribution >= 0.6 is 15.9 Å². The Kier molecular flexibility index (Phi) is 6.66. The van der Waals surface area contributed by atoms with Gasteiger partial charge in [0.25, 0.3) is 5.56 Å². The van der Waals surface area contributed by atoms with Gasteiger partial charge in [-0.05, 0) is 86.7 Å². The summed E-state index contributed by atoms with van der Waals surface area (Å²) in [5, 5.41) is 4.10. The molecule has 0 saturated heterocycles. The fourth-order valence-corrected chi connectivity index (χ4v) is 5.81. The lowest BCUT2D eigenvalue weighted by Gasteiger charge is -2.26. The van der Waals surface area contributed by atoms with Gasteiger partial charge in [-0.25, -0.2) is 4.98 Å². The van der Waals surface area contributed by atoms with Crippen LogP contribution in [0, 0.1) is 12.3 Å². The number of carbonyl (C=O) groups is 2. The lowest BCUT2D eigenvalue weighted by molar-refractivity contribution is -0.133. The molecule has 0 aliphatic heterocycles. The van der Waals surface area contributed by atoms with Crippen LogP contribution in [-0.4, -0.2) is 26.3 Å². The molecule has 2 saturated carbocycles. The second-order valence-corrected chi connectivity index (χ2v) is 11.6. The number of pyridine rings is 1. The molecule has 6 rings (SSSR count). The molecule has 2 aliphatic carbocycles. The van der Waals surface area contributed by atoms with Crippen molar-refractivity contribution in [3.8, 4) is 0 Å². The molecule has 2 aromatic heterocycles. The third-order valence-electron chi connectivity index (χ3n) is 7.99. The molecule has 0 bridgehead atoms. The third kappa shape index (κ3) is 4.66. The molecule has 3 N–H and O–H groups in total. The fraction of sp³-hybridized carbons (Fsp3) is 0.300. The first-order valence-corrected chi connectivity index (χ1v) is 14.2. The minimum atomic E-state index is -1.17. The first kappa shape index (κ1) is 26.2. The van der Waals surface area contributed by atoms with Gasteiger partial charge in [0.15, 0.2) is 0 Å². The Labute approximate surface area is 239 Å². The summed E-state index contributed by atoms with van der Waals surface area (Å²) in [4.78, 5) is 49.5. The number of hydrogen-bond donors (Lipinski definition) is 2. The number of anilines is 4. The number of hydrogen-bond acceptors (Lipinski definition) is 6. The quantitative estimate of drug-likeness (QED) is 0.264. The number of halogens is 1. The molecule has 10 heteroatoms. The number of rotatable bonds is 7. The average molecular weight is 602 g/mol. The predicted molar refractivity (Wildman–Crippen MR) is 158 cm³/mol. The van der Waals surface area contributed by atoms with Gasteiger partial charge < -0.3 is 11.1 Å². The summed E-state index contributed by atoms with van der Waals surface area (Å²) in [6.45, 7) is 1.90. The molecule has 0 spiro atoms. The molecule has 0 atom stereocenters. The maximum absolute atomic E-state index is 13.6. The Morgan fingerprint density at radius 1 is 1.05 bits per heavy atom. The lowest BCUT2D eigenvalue weighted by atomic mass is 10.0. The van der Waals surface area contributed by atoms with Crippen LogP contribution in [0.2, 0.25) is 0 Å². The molecule has 4 aromatic rings. The Morgan fingerprint density at radius 2 is 1.68 bits per heavy atom. The number of nitrogens with zero attached hydrogens (tertiary/aromatic N) is 4. The summed E-state index contributed by atoms with van der Waals surface area (Å²) in [5.41, 5.74) is 7.88. The molecule has 2 aliphatic rings. The molecular weight excluding hydrogens is 572 g/mol. The largest absolute Gasteiger partial charge is 0.369 e. The van der Waals surface area contributed by atoms with E-state index in [2.05, 4.69) is 26.2 Å². The van der Waals surface area contributed by atoms with Gasteiger partial charge in [-0.2, -0.15) is 4.98 Å². The summed E-state index contributed by atoms with van der Waals surface area (Å²) in [6.07, 6.45) is 6.79. The van der Waals surface area contributed by atoms with Crippen LogP contribution in [0.25, 0.3) is 11.0 Å². The molecule has 2 fully saturated rings. The highest BCUT2D eigenvalue weighted by atomic mass is 79.9. The zero-order valence-corrected chi connectivity index (χ0v) is 23.6. The molecular formula is C30H29BrN6O3. The van der Waals surface area contributed by atoms with Crippen LogP contribution in [0.4, 0.5) is 23.0 Å². The van der Waals surface area contributed by atoms with Crippen molar-refractivity contribution < 1.29 is 9.59 Å². The predicted octanol–water partition coefficient (Wildman–Crippen LogP) is 5.65. The maximum Gasteiger partial charge on any atom is 0.252 e. The minimum absolute atomic E-state index is 0.0343. The van der Waals surface area contributed by atoms with Gasteiger partial charge in [0.1, 0.15) is 11.1 Å². The van der Waals surface area contributed by atoms with Gasteiger partial charge in [-0.1, -0.05) is 28.8 Å². The lowest BCUT2D eigenvalue weighted by Crippen LogP contribution is -2.41. The number of primary amides is 1. The molecule has 0 unspecified atom stereocenters. The fourth-order valence-electron chi connectivity index (χ4n) is 5.55. The third-order valence-corrected chi connectivity index (χ3v) is 8.52. The van der Waals surface area contributed by atoms with E-state index in [-0.39, 0.29) is 17.5 Å². The van der Waals surface area contributed by atoms with Crippen molar-refractivity contribution in [2.24, 2.45) is 11.1 Å². The van der Waals surface area contributed by atoms with E-state index < -0.39 is 11.3 Å². The van der Waals surface area contributed by atoms with Gasteiger partial charge in [-0.15, -0.1) is 0 Å². The van der Waals surface area contributed by atoms with Gasteiger partial charge >= 0.3 is 0 Å². The zero-order chi connectivity index (χ0) is 28.0. The van der Waals surface area contributed by atoms with E-state index in [0.717, 1.165) is 41.1 Å². The van der Waals surface area contributed by atoms with Crippen molar-refractivity contribution in [3.63, 3.8) is 0 Å². The van der Waals surface area contributed by atoms with Crippen molar-refractivity contribution in [2.45, 2.75) is 51.5 Å². The Balaban J connectivity index is 1.32. The normalized spacial score (nSPS) is 16.1. The first-order chi connectivity index (χ1) is 19.3. The highest BCUT2D eigenvalue weighted by molar-refractivity contribution is 9.10. The SMILES string of the molecule is Cc1cc(=O)n(C2CCCC2)c2nc(Nc3ccc(N(C(=O)C4(C(N)=O)CC4)c4ccc(Br)cc4)cc3)ncc12. The van der Waals surface area contributed by atoms with Crippen molar-refractivity contribution in [1.29, 1.82) is 0 Å². The number of aromatic nitrogens is 3. The van der Waals surface area contributed by atoms with E-state index in [4.69, 9.17) is 10.7 Å². The molecule has 0 radical (unpaired) electrons. The van der Waals surface area contributed by atoms with E-state index in [1.807, 2.05) is 47.9 Å². The van der Waals surface area contributed by atoms with Gasteiger partial charge in [-0.3, -0.25) is 23.9 Å². The molecule has 2 aromatic carbocycles. The summed E-state index contributed by atoms with van der Waals surface area (Å²) in [5.74, 6) is -0.553. The summed E-state index contributed by atoms with van der Waals surface area (Å²) >= 11 is 3.43. The van der Waals surface area contributed by atoms with Gasteiger partial charge in [0, 0.05) is 45.2 Å². The van der Waals surface area contributed by atoms with E-state index in [1.54, 1.807) is 29.3 Å². The van der Waals surface area contributed by atoms with Crippen molar-refractivity contribution in [3.05, 3.63) is 81.2 Å². The van der Waals surface area contributed by atoms with E-state index >= 15 is 0 Å². The topological polar surface area (TPSA) is 123 Å². The highest BCUT2D eigenvalue weighted by Gasteiger charge is 2.57. The minimum Gasteiger partial charge on any atom is -0.369 e. The second kappa shape index (κ2) is 10.2. The van der Waals surface area contributed by atoms with Crippen LogP contribution in [0.15, 0.2) is 70.1 Å². The number of aryl methyl sites for hydroxylation is 1. The Bertz CT molecular complexity index is 1670. The van der Waals surface area contributed by atoms with E-state index in [0.29, 0.717) is 41.5 Å². The van der Waals surface area contributed by atoms with Crippen LogP contribution < -0.4 is 21.5 Å². The van der Waals surface area contributed by atoms with Crippen LogP contribution in [-0.2, 0) is 9.59 Å².